The van der Waals surface area contributed by atoms with Crippen LogP contribution in [0.2, 0.25) is 0 Å². The molecule has 4 nitrogen and oxygen atoms in total. The molecule has 0 bridgehead atoms. The quantitative estimate of drug-likeness (QED) is 0.0506. The van der Waals surface area contributed by atoms with Gasteiger partial charge in [-0.05, 0) is 24.3 Å². The van der Waals surface area contributed by atoms with Gasteiger partial charge in [0.2, 0.25) is 0 Å². The molecule has 222 valence electrons. The van der Waals surface area contributed by atoms with Crippen LogP contribution in [0.5, 0.6) is 0 Å². The van der Waals surface area contributed by atoms with Crippen molar-refractivity contribution < 1.29 is 40.6 Å². The van der Waals surface area contributed by atoms with Crippen molar-refractivity contribution in [1.29, 1.82) is 0 Å². The Kier molecular flexibility index (Phi) is 39.3. The minimum atomic E-state index is -3.50. The largest absolute Gasteiger partial charge is 4.00 e. The summed E-state index contributed by atoms with van der Waals surface area (Å²) < 4.78 is 0. The van der Waals surface area contributed by atoms with E-state index in [2.05, 4.69) is 37.5 Å². The summed E-state index contributed by atoms with van der Waals surface area (Å²) in [5.41, 5.74) is -6.99. The fourth-order valence-corrected chi connectivity index (χ4v) is 8.46. The Labute approximate surface area is 263 Å². The molecule has 0 radical (unpaired) electrons. The molecule has 0 aliphatic carbocycles. The Balaban J connectivity index is -0.000000608. The Morgan fingerprint density at radius 2 is 0.595 bits per heavy atom. The second-order valence-corrected chi connectivity index (χ2v) is 21.5. The Morgan fingerprint density at radius 3 is 0.784 bits per heavy atom. The molecule has 0 saturated carbocycles. The molecule has 0 amide bonds. The van der Waals surface area contributed by atoms with Crippen molar-refractivity contribution in [3.8, 4) is 0 Å². The van der Waals surface area contributed by atoms with Gasteiger partial charge in [-0.2, -0.15) is 34.2 Å². The summed E-state index contributed by atoms with van der Waals surface area (Å²) >= 11 is 10.5. The van der Waals surface area contributed by atoms with Crippen LogP contribution < -0.4 is 19.6 Å². The van der Waals surface area contributed by atoms with E-state index >= 15 is 0 Å². The maximum absolute atomic E-state index is 10.7. The van der Waals surface area contributed by atoms with Crippen LogP contribution in [0.4, 0.5) is 0 Å². The first-order chi connectivity index (χ1) is 17.1. The Hall–Kier alpha value is 2.53. The van der Waals surface area contributed by atoms with Crippen LogP contribution in [0.15, 0.2) is 0 Å². The van der Waals surface area contributed by atoms with E-state index in [-0.39, 0.29) is 21.1 Å². The van der Waals surface area contributed by atoms with Gasteiger partial charge in [0.1, 0.15) is 0 Å². The smallest absolute Gasteiger partial charge is 0.825 e. The van der Waals surface area contributed by atoms with Crippen molar-refractivity contribution in [3.05, 3.63) is 0 Å². The molecule has 0 fully saturated rings. The zero-order chi connectivity index (χ0) is 27.4. The van der Waals surface area contributed by atoms with Crippen LogP contribution in [-0.2, 0) is 44.7 Å². The third-order valence-corrected chi connectivity index (χ3v) is 12.5. The van der Waals surface area contributed by atoms with Crippen molar-refractivity contribution in [1.82, 2.24) is 0 Å². The molecule has 0 N–H and O–H groups in total. The Bertz CT molecular complexity index is 491. The molecule has 0 aromatic heterocycles. The van der Waals surface area contributed by atoms with Crippen LogP contribution in [0.25, 0.3) is 0 Å². The van der Waals surface area contributed by atoms with Gasteiger partial charge < -0.3 is 19.6 Å². The van der Waals surface area contributed by atoms with E-state index in [1.54, 1.807) is 0 Å². The number of hydrogen-bond acceptors (Lipinski definition) is 8. The first-order valence-electron chi connectivity index (χ1n) is 14.5. The molecule has 0 rings (SSSR count). The predicted octanol–water partition coefficient (Wildman–Crippen LogP) is 7.95. The van der Waals surface area contributed by atoms with Gasteiger partial charge in [-0.3, -0.25) is 0 Å². The molecule has 0 aliphatic heterocycles. The molecule has 37 heavy (non-hydrogen) atoms. The van der Waals surface area contributed by atoms with Crippen LogP contribution in [-0.4, -0.2) is 11.5 Å². The van der Waals surface area contributed by atoms with Crippen molar-refractivity contribution in [2.45, 2.75) is 155 Å². The molecule has 0 aromatic rings. The summed E-state index contributed by atoms with van der Waals surface area (Å²) in [7, 11) is 0. The van der Waals surface area contributed by atoms with E-state index in [0.717, 1.165) is 48.4 Å². The SMILES string of the molecule is CCCCCCCCCCCCCSP([O-])([O-])=S.CCCCCCCCCCCCCSP([O-])([O-])=S.[Mo+4]. The molecule has 0 unspecified atom stereocenters. The van der Waals surface area contributed by atoms with Gasteiger partial charge in [-0.15, -0.1) is 23.6 Å². The normalized spacial score (nSPS) is 11.6. The molecular formula is C26H54MoO4P2S4. The van der Waals surface area contributed by atoms with E-state index in [1.807, 2.05) is 0 Å². The third-order valence-electron chi connectivity index (χ3n) is 5.99. The van der Waals surface area contributed by atoms with Gasteiger partial charge in [0, 0.05) is 0 Å². The van der Waals surface area contributed by atoms with Gasteiger partial charge in [0.15, 0.2) is 0 Å². The molecule has 11 heteroatoms. The average Bonchev–Trinajstić information content (AvgIpc) is 2.79. The fourth-order valence-electron chi connectivity index (χ4n) is 3.89. The topological polar surface area (TPSA) is 92.2 Å². The molecule has 0 heterocycles. The minimum Gasteiger partial charge on any atom is -0.825 e. The average molecular weight is 717 g/mol. The van der Waals surface area contributed by atoms with Crippen LogP contribution in [0.1, 0.15) is 155 Å². The summed E-state index contributed by atoms with van der Waals surface area (Å²) in [5, 5.41) is 0. The zero-order valence-corrected chi connectivity index (χ0v) is 30.6. The van der Waals surface area contributed by atoms with Crippen molar-refractivity contribution >= 4 is 57.8 Å². The molecule has 0 aromatic carbocycles. The second-order valence-electron chi connectivity index (χ2n) is 9.63. The van der Waals surface area contributed by atoms with Crippen molar-refractivity contribution in [2.24, 2.45) is 0 Å². The van der Waals surface area contributed by atoms with Crippen LogP contribution >= 0.6 is 34.2 Å². The molecule has 0 saturated heterocycles. The summed E-state index contributed by atoms with van der Waals surface area (Å²) in [4.78, 5) is 42.9. The Morgan fingerprint density at radius 1 is 0.405 bits per heavy atom. The molecule has 0 aliphatic rings. The molecule has 0 atom stereocenters. The van der Waals surface area contributed by atoms with Gasteiger partial charge in [0.25, 0.3) is 0 Å². The number of rotatable bonds is 26. The number of hydrogen-bond donors (Lipinski definition) is 0. The van der Waals surface area contributed by atoms with Crippen LogP contribution in [0.3, 0.4) is 0 Å². The summed E-state index contributed by atoms with van der Waals surface area (Å²) in [5.74, 6) is 1.34. The van der Waals surface area contributed by atoms with Crippen molar-refractivity contribution in [3.63, 3.8) is 0 Å². The van der Waals surface area contributed by atoms with Gasteiger partial charge in [-0.25, -0.2) is 0 Å². The maximum Gasteiger partial charge on any atom is 4.00 e. The first-order valence-corrected chi connectivity index (χ1v) is 22.9. The van der Waals surface area contributed by atoms with E-state index in [1.165, 1.54) is 116 Å². The first kappa shape index (κ1) is 44.0. The molecular weight excluding hydrogens is 662 g/mol. The van der Waals surface area contributed by atoms with Crippen molar-refractivity contribution in [2.75, 3.05) is 11.5 Å². The van der Waals surface area contributed by atoms with E-state index < -0.39 is 11.4 Å². The van der Waals surface area contributed by atoms with E-state index in [4.69, 9.17) is 0 Å². The van der Waals surface area contributed by atoms with E-state index in [9.17, 15) is 19.6 Å². The summed E-state index contributed by atoms with van der Waals surface area (Å²) in [6, 6.07) is 0. The van der Waals surface area contributed by atoms with Gasteiger partial charge >= 0.3 is 21.1 Å². The second kappa shape index (κ2) is 33.0. The van der Waals surface area contributed by atoms with E-state index in [0.29, 0.717) is 11.5 Å². The monoisotopic (exact) mass is 718 g/mol. The fraction of sp³-hybridized carbons (Fsp3) is 1.00. The standard InChI is InChI=1S/2C13H29O2PS2.Mo/c2*1-2-3-4-5-6-7-8-9-10-11-12-13-18-16(14,15)17;/h2*2-13H2,1H3,(H2,14,15,17);/q;;+4/p-4. The zero-order valence-electron chi connectivity index (χ0n) is 23.5. The predicted molar refractivity (Wildman–Crippen MR) is 166 cm³/mol. The molecule has 0 spiro atoms. The number of unbranched alkanes of at least 4 members (excludes halogenated alkanes) is 20. The summed E-state index contributed by atoms with van der Waals surface area (Å²) in [6.07, 6.45) is 28.4. The third kappa shape index (κ3) is 48.6. The van der Waals surface area contributed by atoms with Gasteiger partial charge in [-0.1, -0.05) is 142 Å². The van der Waals surface area contributed by atoms with Gasteiger partial charge in [0.05, 0.1) is 0 Å². The maximum atomic E-state index is 10.7. The van der Waals surface area contributed by atoms with Crippen LogP contribution in [0, 0.1) is 0 Å². The minimum absolute atomic E-state index is 0. The summed E-state index contributed by atoms with van der Waals surface area (Å²) in [6.45, 7) is 4.49.